The molecule has 1 atom stereocenters. The van der Waals surface area contributed by atoms with Gasteiger partial charge in [-0.2, -0.15) is 4.98 Å². The van der Waals surface area contributed by atoms with Gasteiger partial charge in [0.1, 0.15) is 4.83 Å². The van der Waals surface area contributed by atoms with Crippen molar-refractivity contribution in [3.8, 4) is 17.3 Å². The molecule has 0 spiro atoms. The van der Waals surface area contributed by atoms with Gasteiger partial charge in [0, 0.05) is 22.8 Å². The average molecular weight is 466 g/mol. The Balaban J connectivity index is 1.29. The Morgan fingerprint density at radius 2 is 1.76 bits per heavy atom. The summed E-state index contributed by atoms with van der Waals surface area (Å²) in [7, 11) is 0. The molecule has 3 aromatic heterocycles. The fraction of sp³-hybridized carbons (Fsp3) is 0.276. The number of benzene rings is 2. The summed E-state index contributed by atoms with van der Waals surface area (Å²) >= 11 is 1.81. The molecule has 0 saturated carbocycles. The molecule has 0 amide bonds. The normalized spacial score (nSPS) is 14.3. The van der Waals surface area contributed by atoms with E-state index in [1.54, 1.807) is 12.4 Å². The van der Waals surface area contributed by atoms with E-state index in [0.29, 0.717) is 18.3 Å². The van der Waals surface area contributed by atoms with Gasteiger partial charge in [-0.3, -0.25) is 4.98 Å². The van der Waals surface area contributed by atoms with E-state index < -0.39 is 0 Å². The first-order valence-electron chi connectivity index (χ1n) is 12.1. The number of pyridine rings is 1. The van der Waals surface area contributed by atoms with Crippen LogP contribution in [0.15, 0.2) is 67.0 Å². The highest BCUT2D eigenvalue weighted by atomic mass is 32.1. The zero-order valence-electron chi connectivity index (χ0n) is 19.3. The molecule has 0 bridgehead atoms. The smallest absolute Gasteiger partial charge is 0.226 e. The third kappa shape index (κ3) is 4.16. The van der Waals surface area contributed by atoms with Crippen LogP contribution in [-0.4, -0.2) is 21.6 Å². The lowest BCUT2D eigenvalue weighted by Gasteiger charge is -2.16. The molecular weight excluding hydrogens is 438 g/mol. The second kappa shape index (κ2) is 9.15. The van der Waals surface area contributed by atoms with Crippen LogP contribution in [0, 0.1) is 5.92 Å². The average Bonchev–Trinajstić information content (AvgIpc) is 3.26. The standard InChI is InChI=1S/C29H27N3OS/c1-19(16-20-10-11-21-6-2-3-7-23(21)17-20)18-33-28-26-24-8-4-5-9-25(24)34-29(26)32-27(31-28)22-12-14-30-15-13-22/h2-3,6-7,10-15,17,19H,4-5,8-9,16,18H2,1H3. The van der Waals surface area contributed by atoms with Crippen molar-refractivity contribution in [1.29, 1.82) is 0 Å². The third-order valence-electron chi connectivity index (χ3n) is 6.62. The van der Waals surface area contributed by atoms with E-state index in [2.05, 4.69) is 54.4 Å². The van der Waals surface area contributed by atoms with Crippen molar-refractivity contribution in [2.24, 2.45) is 5.92 Å². The van der Waals surface area contributed by atoms with Gasteiger partial charge in [0.25, 0.3) is 0 Å². The number of rotatable bonds is 6. The molecule has 4 nitrogen and oxygen atoms in total. The summed E-state index contributed by atoms with van der Waals surface area (Å²) in [5.41, 5.74) is 3.72. The Morgan fingerprint density at radius 1 is 0.941 bits per heavy atom. The maximum Gasteiger partial charge on any atom is 0.226 e. The number of aryl methyl sites for hydroxylation is 2. The highest BCUT2D eigenvalue weighted by Crippen LogP contribution is 2.40. The molecule has 1 aliphatic carbocycles. The summed E-state index contributed by atoms with van der Waals surface area (Å²) in [6.07, 6.45) is 9.25. The lowest BCUT2D eigenvalue weighted by Crippen LogP contribution is -2.13. The van der Waals surface area contributed by atoms with Gasteiger partial charge < -0.3 is 4.74 Å². The van der Waals surface area contributed by atoms with Gasteiger partial charge in [0.2, 0.25) is 5.88 Å². The van der Waals surface area contributed by atoms with Gasteiger partial charge in [0.15, 0.2) is 5.82 Å². The lowest BCUT2D eigenvalue weighted by molar-refractivity contribution is 0.253. The number of aromatic nitrogens is 3. The molecule has 0 N–H and O–H groups in total. The molecule has 0 radical (unpaired) electrons. The maximum atomic E-state index is 6.47. The summed E-state index contributed by atoms with van der Waals surface area (Å²) in [6, 6.07) is 19.2. The molecule has 170 valence electrons. The van der Waals surface area contributed by atoms with E-state index in [4.69, 9.17) is 14.7 Å². The van der Waals surface area contributed by atoms with Gasteiger partial charge in [-0.05, 0) is 72.1 Å². The van der Waals surface area contributed by atoms with Gasteiger partial charge in [-0.25, -0.2) is 4.98 Å². The van der Waals surface area contributed by atoms with Crippen molar-refractivity contribution in [2.75, 3.05) is 6.61 Å². The number of thiophene rings is 1. The molecule has 5 aromatic rings. The first-order valence-corrected chi connectivity index (χ1v) is 12.9. The second-order valence-corrected chi connectivity index (χ2v) is 10.4. The second-order valence-electron chi connectivity index (χ2n) is 9.28. The fourth-order valence-corrected chi connectivity index (χ4v) is 6.16. The topological polar surface area (TPSA) is 47.9 Å². The lowest BCUT2D eigenvalue weighted by atomic mass is 9.97. The summed E-state index contributed by atoms with van der Waals surface area (Å²) in [4.78, 5) is 16.5. The molecular formula is C29H27N3OS. The third-order valence-corrected chi connectivity index (χ3v) is 7.81. The Morgan fingerprint density at radius 3 is 2.65 bits per heavy atom. The van der Waals surface area contributed by atoms with Crippen LogP contribution in [0.5, 0.6) is 5.88 Å². The Bertz CT molecular complexity index is 1460. The van der Waals surface area contributed by atoms with Crippen molar-refractivity contribution in [3.63, 3.8) is 0 Å². The molecule has 34 heavy (non-hydrogen) atoms. The fourth-order valence-electron chi connectivity index (χ4n) is 4.91. The molecule has 5 heteroatoms. The summed E-state index contributed by atoms with van der Waals surface area (Å²) in [5, 5.41) is 3.71. The number of fused-ring (bicyclic) bond motifs is 4. The van der Waals surface area contributed by atoms with E-state index >= 15 is 0 Å². The molecule has 1 aliphatic rings. The van der Waals surface area contributed by atoms with Gasteiger partial charge >= 0.3 is 0 Å². The monoisotopic (exact) mass is 465 g/mol. The molecule has 1 unspecified atom stereocenters. The van der Waals surface area contributed by atoms with Crippen molar-refractivity contribution in [1.82, 2.24) is 15.0 Å². The predicted octanol–water partition coefficient (Wildman–Crippen LogP) is 7.04. The minimum Gasteiger partial charge on any atom is -0.477 e. The predicted molar refractivity (Wildman–Crippen MR) is 140 cm³/mol. The molecule has 0 aliphatic heterocycles. The van der Waals surface area contributed by atoms with Crippen LogP contribution in [0.25, 0.3) is 32.4 Å². The summed E-state index contributed by atoms with van der Waals surface area (Å²) in [5.74, 6) is 1.82. The highest BCUT2D eigenvalue weighted by molar-refractivity contribution is 7.18. The van der Waals surface area contributed by atoms with Crippen LogP contribution < -0.4 is 4.74 Å². The number of hydrogen-bond donors (Lipinski definition) is 0. The minimum absolute atomic E-state index is 0.366. The number of nitrogens with zero attached hydrogens (tertiary/aromatic N) is 3. The van der Waals surface area contributed by atoms with Crippen LogP contribution in [0.3, 0.4) is 0 Å². The van der Waals surface area contributed by atoms with Gasteiger partial charge in [0.05, 0.1) is 12.0 Å². The van der Waals surface area contributed by atoms with E-state index in [1.807, 2.05) is 23.5 Å². The molecule has 6 rings (SSSR count). The first kappa shape index (κ1) is 21.2. The van der Waals surface area contributed by atoms with E-state index in [-0.39, 0.29) is 0 Å². The van der Waals surface area contributed by atoms with Crippen molar-refractivity contribution >= 4 is 32.3 Å². The summed E-state index contributed by atoms with van der Waals surface area (Å²) in [6.45, 7) is 2.87. The van der Waals surface area contributed by atoms with E-state index in [1.165, 1.54) is 39.6 Å². The van der Waals surface area contributed by atoms with Crippen LogP contribution in [0.1, 0.15) is 35.8 Å². The Labute approximate surface area is 203 Å². The largest absolute Gasteiger partial charge is 0.477 e. The van der Waals surface area contributed by atoms with Crippen molar-refractivity contribution in [3.05, 3.63) is 83.0 Å². The van der Waals surface area contributed by atoms with Gasteiger partial charge in [-0.1, -0.05) is 49.4 Å². The highest BCUT2D eigenvalue weighted by Gasteiger charge is 2.23. The van der Waals surface area contributed by atoms with E-state index in [9.17, 15) is 0 Å². The van der Waals surface area contributed by atoms with Crippen molar-refractivity contribution in [2.45, 2.75) is 39.0 Å². The number of ether oxygens (including phenoxy) is 1. The molecule has 0 fully saturated rings. The zero-order chi connectivity index (χ0) is 22.9. The SMILES string of the molecule is CC(COc1nc(-c2ccncc2)nc2sc3c(c12)CCCC3)Cc1ccc2ccccc2c1. The minimum atomic E-state index is 0.366. The van der Waals surface area contributed by atoms with Crippen molar-refractivity contribution < 1.29 is 4.74 Å². The first-order chi connectivity index (χ1) is 16.7. The summed E-state index contributed by atoms with van der Waals surface area (Å²) < 4.78 is 6.47. The zero-order valence-corrected chi connectivity index (χ0v) is 20.1. The van der Waals surface area contributed by atoms with Gasteiger partial charge in [-0.15, -0.1) is 11.3 Å². The van der Waals surface area contributed by atoms with Crippen LogP contribution in [0.4, 0.5) is 0 Å². The Kier molecular flexibility index (Phi) is 5.71. The number of hydrogen-bond acceptors (Lipinski definition) is 5. The molecule has 3 heterocycles. The van der Waals surface area contributed by atoms with E-state index in [0.717, 1.165) is 40.9 Å². The van der Waals surface area contributed by atoms with Crippen LogP contribution in [0.2, 0.25) is 0 Å². The van der Waals surface area contributed by atoms with Crippen LogP contribution >= 0.6 is 11.3 Å². The maximum absolute atomic E-state index is 6.47. The van der Waals surface area contributed by atoms with Crippen LogP contribution in [-0.2, 0) is 19.3 Å². The molecule has 2 aromatic carbocycles. The molecule has 0 saturated heterocycles. The Hall–Kier alpha value is -3.31. The quantitative estimate of drug-likeness (QED) is 0.270.